The van der Waals surface area contributed by atoms with Gasteiger partial charge in [-0.05, 0) is 32.9 Å². The van der Waals surface area contributed by atoms with Crippen LogP contribution in [0.25, 0.3) is 0 Å². The first-order chi connectivity index (χ1) is 8.93. The second-order valence-electron chi connectivity index (χ2n) is 4.30. The van der Waals surface area contributed by atoms with E-state index in [0.29, 0.717) is 6.04 Å². The van der Waals surface area contributed by atoms with E-state index in [0.717, 1.165) is 5.82 Å². The van der Waals surface area contributed by atoms with Crippen molar-refractivity contribution in [3.8, 4) is 5.75 Å². The molecule has 1 aromatic heterocycles. The maximum atomic E-state index is 10.3. The van der Waals surface area contributed by atoms with Crippen molar-refractivity contribution < 1.29 is 15.0 Å². The summed E-state index contributed by atoms with van der Waals surface area (Å²) in [5.41, 5.74) is -0.0671. The number of nitrogens with zero attached hydrogens (tertiary/aromatic N) is 2. The second-order valence-corrected chi connectivity index (χ2v) is 4.30. The maximum absolute atomic E-state index is 10.3. The quantitative estimate of drug-likeness (QED) is 0.872. The molecule has 2 aromatic rings. The minimum atomic E-state index is -1.11. The summed E-state index contributed by atoms with van der Waals surface area (Å²) in [5.74, 6) is -0.224. The molecule has 0 aliphatic carbocycles. The molecule has 0 spiro atoms. The number of para-hydroxylation sites is 1. The average Bonchev–Trinajstić information content (AvgIpc) is 2.76. The van der Waals surface area contributed by atoms with Gasteiger partial charge in [0.25, 0.3) is 0 Å². The van der Waals surface area contributed by atoms with Gasteiger partial charge >= 0.3 is 5.97 Å². The summed E-state index contributed by atoms with van der Waals surface area (Å²) in [5, 5.41) is 17.3. The third kappa shape index (κ3) is 4.13. The topological polar surface area (TPSA) is 75.4 Å². The zero-order chi connectivity index (χ0) is 14.4. The number of hydrogen-bond acceptors (Lipinski definition) is 3. The van der Waals surface area contributed by atoms with Gasteiger partial charge in [-0.25, -0.2) is 9.78 Å². The van der Waals surface area contributed by atoms with E-state index >= 15 is 0 Å². The molecular weight excluding hydrogens is 244 g/mol. The van der Waals surface area contributed by atoms with Crippen molar-refractivity contribution in [3.63, 3.8) is 0 Å². The predicted molar refractivity (Wildman–Crippen MR) is 72.4 cm³/mol. The van der Waals surface area contributed by atoms with Crippen molar-refractivity contribution in [3.05, 3.63) is 48.0 Å². The number of rotatable bonds is 2. The third-order valence-electron chi connectivity index (χ3n) is 2.55. The Morgan fingerprint density at radius 3 is 2.26 bits per heavy atom. The van der Waals surface area contributed by atoms with Gasteiger partial charge in [-0.2, -0.15) is 0 Å². The van der Waals surface area contributed by atoms with E-state index in [4.69, 9.17) is 10.2 Å². The van der Waals surface area contributed by atoms with Crippen molar-refractivity contribution in [1.29, 1.82) is 0 Å². The normalized spacial score (nSPS) is 9.89. The van der Waals surface area contributed by atoms with Crippen LogP contribution >= 0.6 is 0 Å². The van der Waals surface area contributed by atoms with E-state index in [1.54, 1.807) is 12.1 Å². The van der Waals surface area contributed by atoms with Crippen LogP contribution < -0.4 is 0 Å². The van der Waals surface area contributed by atoms with Crippen molar-refractivity contribution >= 4 is 5.97 Å². The highest BCUT2D eigenvalue weighted by molar-refractivity contribution is 5.90. The molecule has 2 rings (SSSR count). The molecule has 1 aromatic carbocycles. The minimum absolute atomic E-state index is 0.0671. The van der Waals surface area contributed by atoms with Crippen LogP contribution in [0.2, 0.25) is 0 Å². The smallest absolute Gasteiger partial charge is 0.339 e. The van der Waals surface area contributed by atoms with Crippen LogP contribution in [0.3, 0.4) is 0 Å². The lowest BCUT2D eigenvalue weighted by atomic mass is 10.2. The third-order valence-corrected chi connectivity index (χ3v) is 2.55. The highest BCUT2D eigenvalue weighted by atomic mass is 16.4. The van der Waals surface area contributed by atoms with Crippen LogP contribution in [0, 0.1) is 6.92 Å². The molecule has 0 aliphatic rings. The van der Waals surface area contributed by atoms with Crippen LogP contribution in [0.1, 0.15) is 36.1 Å². The molecule has 0 saturated carbocycles. The molecule has 0 aliphatic heterocycles. The molecule has 0 radical (unpaired) electrons. The molecule has 102 valence electrons. The Hall–Kier alpha value is -2.30. The first-order valence-corrected chi connectivity index (χ1v) is 5.94. The summed E-state index contributed by atoms with van der Waals surface area (Å²) in [6, 6.07) is 6.35. The summed E-state index contributed by atoms with van der Waals surface area (Å²) in [4.78, 5) is 14.4. The largest absolute Gasteiger partial charge is 0.507 e. The molecular formula is C14H18N2O3. The fourth-order valence-electron chi connectivity index (χ4n) is 1.59. The Morgan fingerprint density at radius 1 is 1.32 bits per heavy atom. The van der Waals surface area contributed by atoms with E-state index in [-0.39, 0.29) is 11.3 Å². The second kappa shape index (κ2) is 6.58. The Morgan fingerprint density at radius 2 is 1.95 bits per heavy atom. The highest BCUT2D eigenvalue weighted by Crippen LogP contribution is 2.14. The van der Waals surface area contributed by atoms with Crippen LogP contribution in [-0.2, 0) is 0 Å². The molecule has 0 atom stereocenters. The van der Waals surface area contributed by atoms with Gasteiger partial charge in [-0.3, -0.25) is 0 Å². The Balaban J connectivity index is 0.000000191. The van der Waals surface area contributed by atoms with Crippen LogP contribution in [0.4, 0.5) is 0 Å². The Labute approximate surface area is 112 Å². The molecule has 19 heavy (non-hydrogen) atoms. The minimum Gasteiger partial charge on any atom is -0.507 e. The first-order valence-electron chi connectivity index (χ1n) is 5.94. The van der Waals surface area contributed by atoms with Crippen LogP contribution in [-0.4, -0.2) is 25.7 Å². The molecule has 0 amide bonds. The van der Waals surface area contributed by atoms with E-state index in [1.165, 1.54) is 12.1 Å². The van der Waals surface area contributed by atoms with Gasteiger partial charge in [0, 0.05) is 18.4 Å². The highest BCUT2D eigenvalue weighted by Gasteiger charge is 2.05. The number of hydrogen-bond donors (Lipinski definition) is 2. The van der Waals surface area contributed by atoms with Crippen molar-refractivity contribution in [1.82, 2.24) is 9.55 Å². The summed E-state index contributed by atoms with van der Waals surface area (Å²) in [6.07, 6.45) is 3.83. The van der Waals surface area contributed by atoms with E-state index < -0.39 is 5.97 Å². The van der Waals surface area contributed by atoms with Crippen LogP contribution in [0.5, 0.6) is 5.75 Å². The van der Waals surface area contributed by atoms with Gasteiger partial charge in [0.05, 0.1) is 0 Å². The van der Waals surface area contributed by atoms with E-state index in [2.05, 4.69) is 23.4 Å². The van der Waals surface area contributed by atoms with Gasteiger partial charge < -0.3 is 14.8 Å². The zero-order valence-corrected chi connectivity index (χ0v) is 11.2. The van der Waals surface area contributed by atoms with Gasteiger partial charge in [-0.1, -0.05) is 12.1 Å². The molecule has 2 N–H and O–H groups in total. The SMILES string of the molecule is Cc1nccn1C(C)C.O=C(O)c1ccccc1O. The van der Waals surface area contributed by atoms with Crippen LogP contribution in [0.15, 0.2) is 36.7 Å². The fourth-order valence-corrected chi connectivity index (χ4v) is 1.59. The molecule has 0 fully saturated rings. The number of carboxylic acid groups (broad SMARTS) is 1. The number of benzene rings is 1. The summed E-state index contributed by atoms with van der Waals surface area (Å²) >= 11 is 0. The van der Waals surface area contributed by atoms with Crippen molar-refractivity contribution in [2.45, 2.75) is 26.8 Å². The molecule has 0 bridgehead atoms. The monoisotopic (exact) mass is 262 g/mol. The van der Waals surface area contributed by atoms with Gasteiger partial charge in [0.1, 0.15) is 17.1 Å². The molecule has 0 saturated heterocycles. The first kappa shape index (κ1) is 14.8. The Bertz CT molecular complexity index is 547. The lowest BCUT2D eigenvalue weighted by molar-refractivity contribution is 0.0693. The average molecular weight is 262 g/mol. The zero-order valence-electron chi connectivity index (χ0n) is 11.2. The molecule has 1 heterocycles. The number of imidazole rings is 1. The number of aromatic hydroxyl groups is 1. The number of carboxylic acids is 1. The predicted octanol–water partition coefficient (Wildman–Crippen LogP) is 2.86. The van der Waals surface area contributed by atoms with E-state index in [9.17, 15) is 4.79 Å². The lowest BCUT2D eigenvalue weighted by Gasteiger charge is -2.07. The standard InChI is InChI=1S/C7H12N2.C7H6O3/c1-6(2)9-5-4-8-7(9)3;8-6-4-2-1-3-5(6)7(9)10/h4-6H,1-3H3;1-4,8H,(H,9,10). The number of aromatic carboxylic acids is 1. The lowest BCUT2D eigenvalue weighted by Crippen LogP contribution is -2.00. The Kier molecular flexibility index (Phi) is 5.11. The molecule has 0 unspecified atom stereocenters. The van der Waals surface area contributed by atoms with Gasteiger partial charge in [0.15, 0.2) is 0 Å². The number of aromatic nitrogens is 2. The van der Waals surface area contributed by atoms with Gasteiger partial charge in [0.2, 0.25) is 0 Å². The number of aryl methyl sites for hydroxylation is 1. The number of phenols is 1. The fraction of sp³-hybridized carbons (Fsp3) is 0.286. The van der Waals surface area contributed by atoms with E-state index in [1.807, 2.05) is 19.3 Å². The summed E-state index contributed by atoms with van der Waals surface area (Å²) in [6.45, 7) is 6.31. The molecule has 5 heteroatoms. The van der Waals surface area contributed by atoms with Crippen molar-refractivity contribution in [2.75, 3.05) is 0 Å². The summed E-state index contributed by atoms with van der Waals surface area (Å²) in [7, 11) is 0. The maximum Gasteiger partial charge on any atom is 0.339 e. The van der Waals surface area contributed by atoms with Gasteiger partial charge in [-0.15, -0.1) is 0 Å². The van der Waals surface area contributed by atoms with Crippen molar-refractivity contribution in [2.24, 2.45) is 0 Å². The summed E-state index contributed by atoms with van der Waals surface area (Å²) < 4.78 is 2.14. The molecule has 5 nitrogen and oxygen atoms in total. The number of carbonyl (C=O) groups is 1.